The number of hydrogen-bond donors (Lipinski definition) is 2. The van der Waals surface area contributed by atoms with Gasteiger partial charge in [0.05, 0.1) is 7.11 Å². The maximum Gasteiger partial charge on any atom is 0.305 e. The highest BCUT2D eigenvalue weighted by Gasteiger charge is 2.04. The molecule has 1 rings (SSSR count). The Morgan fingerprint density at radius 1 is 1.35 bits per heavy atom. The minimum Gasteiger partial charge on any atom is -0.469 e. The van der Waals surface area contributed by atoms with Gasteiger partial charge in [0.25, 0.3) is 5.91 Å². The standard InChI is InChI=1S/C12H18N2O3/c1-17-11(15)7-3-2-4-8-14-12(16)10-6-5-9-13-10/h5-6,9,13H,2-4,7-8H2,1H3,(H,14,16). The first kappa shape index (κ1) is 13.3. The van der Waals surface area contributed by atoms with Gasteiger partial charge in [-0.2, -0.15) is 0 Å². The highest BCUT2D eigenvalue weighted by molar-refractivity contribution is 5.92. The number of carbonyl (C=O) groups is 2. The van der Waals surface area contributed by atoms with E-state index in [4.69, 9.17) is 0 Å². The van der Waals surface area contributed by atoms with E-state index in [9.17, 15) is 9.59 Å². The molecule has 1 aromatic heterocycles. The first-order chi connectivity index (χ1) is 8.24. The van der Waals surface area contributed by atoms with Gasteiger partial charge in [-0.25, -0.2) is 0 Å². The quantitative estimate of drug-likeness (QED) is 0.558. The second-order valence-corrected chi connectivity index (χ2v) is 3.73. The monoisotopic (exact) mass is 238 g/mol. The van der Waals surface area contributed by atoms with Gasteiger partial charge in [-0.05, 0) is 25.0 Å². The van der Waals surface area contributed by atoms with Crippen LogP contribution in [0, 0.1) is 0 Å². The summed E-state index contributed by atoms with van der Waals surface area (Å²) in [5.74, 6) is -0.275. The van der Waals surface area contributed by atoms with Crippen molar-refractivity contribution in [3.8, 4) is 0 Å². The molecule has 1 aromatic rings. The van der Waals surface area contributed by atoms with Crippen LogP contribution >= 0.6 is 0 Å². The normalized spacial score (nSPS) is 9.94. The molecule has 0 aliphatic rings. The number of rotatable bonds is 7. The fourth-order valence-corrected chi connectivity index (χ4v) is 1.44. The molecule has 5 heteroatoms. The summed E-state index contributed by atoms with van der Waals surface area (Å²) in [6.45, 7) is 0.624. The van der Waals surface area contributed by atoms with Gasteiger partial charge in [-0.15, -0.1) is 0 Å². The molecule has 0 fully saturated rings. The van der Waals surface area contributed by atoms with E-state index in [1.54, 1.807) is 18.3 Å². The fraction of sp³-hybridized carbons (Fsp3) is 0.500. The van der Waals surface area contributed by atoms with Crippen LogP contribution < -0.4 is 5.32 Å². The molecular formula is C12H18N2O3. The molecule has 0 atom stereocenters. The summed E-state index contributed by atoms with van der Waals surface area (Å²) in [5, 5.41) is 2.80. The molecule has 94 valence electrons. The van der Waals surface area contributed by atoms with Crippen LogP contribution in [0.15, 0.2) is 18.3 Å². The smallest absolute Gasteiger partial charge is 0.305 e. The number of ether oxygens (including phenoxy) is 1. The molecule has 0 unspecified atom stereocenters. The Kier molecular flexibility index (Phi) is 5.85. The van der Waals surface area contributed by atoms with Crippen molar-refractivity contribution in [2.75, 3.05) is 13.7 Å². The van der Waals surface area contributed by atoms with Crippen LogP contribution in [0.2, 0.25) is 0 Å². The first-order valence-corrected chi connectivity index (χ1v) is 5.72. The lowest BCUT2D eigenvalue weighted by Crippen LogP contribution is -2.24. The topological polar surface area (TPSA) is 71.2 Å². The number of H-pyrrole nitrogens is 1. The summed E-state index contributed by atoms with van der Waals surface area (Å²) in [7, 11) is 1.39. The molecule has 5 nitrogen and oxygen atoms in total. The van der Waals surface area contributed by atoms with Crippen LogP contribution in [0.4, 0.5) is 0 Å². The molecule has 0 aromatic carbocycles. The van der Waals surface area contributed by atoms with E-state index in [-0.39, 0.29) is 11.9 Å². The van der Waals surface area contributed by atoms with Gasteiger partial charge >= 0.3 is 5.97 Å². The zero-order chi connectivity index (χ0) is 12.5. The minimum absolute atomic E-state index is 0.0945. The van der Waals surface area contributed by atoms with Gasteiger partial charge in [0.2, 0.25) is 0 Å². The summed E-state index contributed by atoms with van der Waals surface area (Å²) in [6, 6.07) is 3.51. The number of esters is 1. The Balaban J connectivity index is 2.01. The molecule has 0 aliphatic carbocycles. The number of methoxy groups -OCH3 is 1. The molecule has 0 bridgehead atoms. The number of amides is 1. The van der Waals surface area contributed by atoms with E-state index < -0.39 is 0 Å². The molecule has 1 heterocycles. The third-order valence-electron chi connectivity index (χ3n) is 2.41. The minimum atomic E-state index is -0.180. The molecule has 17 heavy (non-hydrogen) atoms. The zero-order valence-electron chi connectivity index (χ0n) is 9.99. The Hall–Kier alpha value is -1.78. The van der Waals surface area contributed by atoms with Gasteiger partial charge in [-0.1, -0.05) is 6.42 Å². The van der Waals surface area contributed by atoms with Gasteiger partial charge < -0.3 is 15.0 Å². The lowest BCUT2D eigenvalue weighted by molar-refractivity contribution is -0.140. The highest BCUT2D eigenvalue weighted by Crippen LogP contribution is 2.00. The van der Waals surface area contributed by atoms with E-state index in [0.29, 0.717) is 18.7 Å². The summed E-state index contributed by atoms with van der Waals surface area (Å²) in [6.07, 6.45) is 4.72. The lowest BCUT2D eigenvalue weighted by atomic mass is 10.2. The molecule has 0 radical (unpaired) electrons. The molecule has 1 amide bonds. The molecule has 0 spiro atoms. The number of aromatic amines is 1. The number of carbonyl (C=O) groups excluding carboxylic acids is 2. The maximum atomic E-state index is 11.5. The fourth-order valence-electron chi connectivity index (χ4n) is 1.44. The predicted octanol–water partition coefficient (Wildman–Crippen LogP) is 1.48. The van der Waals surface area contributed by atoms with Crippen LogP contribution in [0.5, 0.6) is 0 Å². The van der Waals surface area contributed by atoms with Gasteiger partial charge in [0.1, 0.15) is 5.69 Å². The van der Waals surface area contributed by atoms with Crippen molar-refractivity contribution < 1.29 is 14.3 Å². The van der Waals surface area contributed by atoms with Crippen molar-refractivity contribution in [3.63, 3.8) is 0 Å². The second-order valence-electron chi connectivity index (χ2n) is 3.73. The van der Waals surface area contributed by atoms with Crippen LogP contribution in [0.1, 0.15) is 36.2 Å². The van der Waals surface area contributed by atoms with E-state index in [1.165, 1.54) is 7.11 Å². The number of hydrogen-bond acceptors (Lipinski definition) is 3. The lowest BCUT2D eigenvalue weighted by Gasteiger charge is -2.03. The van der Waals surface area contributed by atoms with Crippen molar-refractivity contribution >= 4 is 11.9 Å². The van der Waals surface area contributed by atoms with Gasteiger partial charge in [0, 0.05) is 19.2 Å². The third kappa shape index (κ3) is 5.19. The average Bonchev–Trinajstić information content (AvgIpc) is 2.86. The average molecular weight is 238 g/mol. The van der Waals surface area contributed by atoms with Crippen molar-refractivity contribution in [3.05, 3.63) is 24.0 Å². The first-order valence-electron chi connectivity index (χ1n) is 5.72. The van der Waals surface area contributed by atoms with Crippen LogP contribution in [0.25, 0.3) is 0 Å². The predicted molar refractivity (Wildman–Crippen MR) is 63.6 cm³/mol. The number of nitrogens with one attached hydrogen (secondary N) is 2. The Morgan fingerprint density at radius 2 is 2.18 bits per heavy atom. The van der Waals surface area contributed by atoms with Crippen molar-refractivity contribution in [2.24, 2.45) is 0 Å². The van der Waals surface area contributed by atoms with E-state index >= 15 is 0 Å². The molecule has 0 saturated heterocycles. The Morgan fingerprint density at radius 3 is 2.82 bits per heavy atom. The van der Waals surface area contributed by atoms with Gasteiger partial charge in [-0.3, -0.25) is 9.59 Å². The summed E-state index contributed by atoms with van der Waals surface area (Å²) in [4.78, 5) is 25.1. The molecular weight excluding hydrogens is 220 g/mol. The number of unbranched alkanes of at least 4 members (excludes halogenated alkanes) is 2. The molecule has 2 N–H and O–H groups in total. The third-order valence-corrected chi connectivity index (χ3v) is 2.41. The second kappa shape index (κ2) is 7.49. The summed E-state index contributed by atoms with van der Waals surface area (Å²) in [5.41, 5.74) is 0.569. The van der Waals surface area contributed by atoms with Crippen molar-refractivity contribution in [2.45, 2.75) is 25.7 Å². The summed E-state index contributed by atoms with van der Waals surface area (Å²) >= 11 is 0. The summed E-state index contributed by atoms with van der Waals surface area (Å²) < 4.78 is 4.53. The zero-order valence-corrected chi connectivity index (χ0v) is 9.99. The van der Waals surface area contributed by atoms with Crippen LogP contribution in [-0.4, -0.2) is 30.5 Å². The van der Waals surface area contributed by atoms with Crippen LogP contribution in [0.3, 0.4) is 0 Å². The maximum absolute atomic E-state index is 11.5. The van der Waals surface area contributed by atoms with Crippen molar-refractivity contribution in [1.29, 1.82) is 0 Å². The Bertz CT molecular complexity index is 347. The van der Waals surface area contributed by atoms with Crippen molar-refractivity contribution in [1.82, 2.24) is 10.3 Å². The van der Waals surface area contributed by atoms with E-state index in [0.717, 1.165) is 19.3 Å². The van der Waals surface area contributed by atoms with E-state index in [2.05, 4.69) is 15.0 Å². The highest BCUT2D eigenvalue weighted by atomic mass is 16.5. The van der Waals surface area contributed by atoms with Gasteiger partial charge in [0.15, 0.2) is 0 Å². The number of aromatic nitrogens is 1. The van der Waals surface area contributed by atoms with Crippen LogP contribution in [-0.2, 0) is 9.53 Å². The molecule has 0 aliphatic heterocycles. The molecule has 0 saturated carbocycles. The Labute approximate surface area is 101 Å². The van der Waals surface area contributed by atoms with E-state index in [1.807, 2.05) is 0 Å². The SMILES string of the molecule is COC(=O)CCCCCNC(=O)c1ccc[nH]1. The largest absolute Gasteiger partial charge is 0.469 e.